The molecule has 5 nitrogen and oxygen atoms in total. The van der Waals surface area contributed by atoms with Crippen LogP contribution in [0.25, 0.3) is 0 Å². The topological polar surface area (TPSA) is 75.4 Å². The smallest absolute Gasteiger partial charge is 0.295 e. The van der Waals surface area contributed by atoms with Crippen molar-refractivity contribution in [1.82, 2.24) is 0 Å². The fraction of sp³-hybridized carbons (Fsp3) is 0.500. The molecule has 0 fully saturated rings. The lowest BCUT2D eigenvalue weighted by Crippen LogP contribution is -2.21. The highest BCUT2D eigenvalue weighted by Gasteiger charge is 2.18. The largest absolute Gasteiger partial charge is 0.391 e. The van der Waals surface area contributed by atoms with Crippen LogP contribution >= 0.6 is 11.6 Å². The average molecular weight is 291 g/mol. The van der Waals surface area contributed by atoms with Gasteiger partial charge in [0, 0.05) is 6.54 Å². The molecule has 1 aromatic rings. The molecule has 1 aromatic carbocycles. The predicted octanol–water partition coefficient (Wildman–Crippen LogP) is 3.21. The van der Waals surface area contributed by atoms with E-state index in [0.29, 0.717) is 12.3 Å². The first-order valence-corrected chi connectivity index (χ1v) is 6.24. The number of hydrogen-bond acceptors (Lipinski definition) is 4. The van der Waals surface area contributed by atoms with Gasteiger partial charge in [-0.2, -0.15) is 0 Å². The monoisotopic (exact) mass is 290 g/mol. The van der Waals surface area contributed by atoms with Crippen molar-refractivity contribution >= 4 is 23.0 Å². The van der Waals surface area contributed by atoms with E-state index in [2.05, 4.69) is 5.32 Å². The zero-order valence-electron chi connectivity index (χ0n) is 10.7. The Morgan fingerprint density at radius 2 is 2.16 bits per heavy atom. The summed E-state index contributed by atoms with van der Waals surface area (Å²) in [7, 11) is 0. The quantitative estimate of drug-likeness (QED) is 0.623. The third-order valence-corrected chi connectivity index (χ3v) is 2.80. The maximum absolute atomic E-state index is 13.2. The van der Waals surface area contributed by atoms with Crippen LogP contribution in [0.1, 0.15) is 20.3 Å². The zero-order valence-corrected chi connectivity index (χ0v) is 11.4. The van der Waals surface area contributed by atoms with Crippen LogP contribution in [0.15, 0.2) is 12.1 Å². The lowest BCUT2D eigenvalue weighted by Gasteiger charge is -2.15. The van der Waals surface area contributed by atoms with Crippen molar-refractivity contribution in [1.29, 1.82) is 0 Å². The van der Waals surface area contributed by atoms with Crippen LogP contribution in [-0.2, 0) is 0 Å². The molecule has 1 unspecified atom stereocenters. The molecule has 0 aliphatic heterocycles. The van der Waals surface area contributed by atoms with Gasteiger partial charge in [0.1, 0.15) is 11.5 Å². The second-order valence-electron chi connectivity index (χ2n) is 4.70. The minimum atomic E-state index is -0.846. The second kappa shape index (κ2) is 6.68. The number of benzene rings is 1. The van der Waals surface area contributed by atoms with Crippen LogP contribution < -0.4 is 5.32 Å². The molecule has 0 heterocycles. The summed E-state index contributed by atoms with van der Waals surface area (Å²) in [6.45, 7) is 4.06. The van der Waals surface area contributed by atoms with Gasteiger partial charge in [-0.15, -0.1) is 0 Å². The van der Waals surface area contributed by atoms with E-state index in [4.69, 9.17) is 11.6 Å². The lowest BCUT2D eigenvalue weighted by molar-refractivity contribution is -0.384. The Labute approximate surface area is 115 Å². The fourth-order valence-electron chi connectivity index (χ4n) is 1.68. The van der Waals surface area contributed by atoms with Gasteiger partial charge in [0.25, 0.3) is 5.69 Å². The molecule has 7 heteroatoms. The number of hydrogen-bond donors (Lipinski definition) is 2. The SMILES string of the molecule is CC(C)CC(O)CNc1cc(Cl)c(F)cc1[N+](=O)[O-]. The molecule has 0 saturated heterocycles. The van der Waals surface area contributed by atoms with Gasteiger partial charge in [-0.3, -0.25) is 10.1 Å². The summed E-state index contributed by atoms with van der Waals surface area (Å²) in [4.78, 5) is 10.1. The number of rotatable bonds is 6. The van der Waals surface area contributed by atoms with E-state index in [1.165, 1.54) is 0 Å². The molecular formula is C12H16ClFN2O3. The van der Waals surface area contributed by atoms with E-state index in [9.17, 15) is 19.6 Å². The highest BCUT2D eigenvalue weighted by molar-refractivity contribution is 6.31. The number of aliphatic hydroxyl groups excluding tert-OH is 1. The van der Waals surface area contributed by atoms with Crippen molar-refractivity contribution in [3.8, 4) is 0 Å². The first kappa shape index (κ1) is 15.7. The van der Waals surface area contributed by atoms with Gasteiger partial charge in [0.2, 0.25) is 0 Å². The van der Waals surface area contributed by atoms with E-state index in [-0.39, 0.29) is 17.3 Å². The summed E-state index contributed by atoms with van der Waals surface area (Å²) in [5.41, 5.74) is -0.308. The molecule has 0 radical (unpaired) electrons. The van der Waals surface area contributed by atoms with Crippen molar-refractivity contribution < 1.29 is 14.4 Å². The first-order chi connectivity index (χ1) is 8.81. The number of aliphatic hydroxyl groups is 1. The highest BCUT2D eigenvalue weighted by atomic mass is 35.5. The van der Waals surface area contributed by atoms with E-state index >= 15 is 0 Å². The Morgan fingerprint density at radius 3 is 2.68 bits per heavy atom. The van der Waals surface area contributed by atoms with Gasteiger partial charge >= 0.3 is 0 Å². The molecule has 19 heavy (non-hydrogen) atoms. The van der Waals surface area contributed by atoms with Crippen LogP contribution in [0.2, 0.25) is 5.02 Å². The number of nitrogens with one attached hydrogen (secondary N) is 1. The maximum Gasteiger partial charge on any atom is 0.295 e. The number of nitro groups is 1. The normalized spacial score (nSPS) is 12.5. The molecular weight excluding hydrogens is 275 g/mol. The highest BCUT2D eigenvalue weighted by Crippen LogP contribution is 2.30. The first-order valence-electron chi connectivity index (χ1n) is 5.86. The molecule has 2 N–H and O–H groups in total. The molecule has 0 aromatic heterocycles. The van der Waals surface area contributed by atoms with Crippen LogP contribution in [0.3, 0.4) is 0 Å². The summed E-state index contributed by atoms with van der Waals surface area (Å²) in [6, 6.07) is 1.91. The minimum absolute atomic E-state index is 0.0965. The maximum atomic E-state index is 13.2. The molecule has 1 atom stereocenters. The lowest BCUT2D eigenvalue weighted by atomic mass is 10.1. The molecule has 0 bridgehead atoms. The van der Waals surface area contributed by atoms with Crippen LogP contribution in [0.5, 0.6) is 0 Å². The zero-order chi connectivity index (χ0) is 14.6. The molecule has 0 amide bonds. The number of halogens is 2. The third-order valence-electron chi connectivity index (χ3n) is 2.51. The van der Waals surface area contributed by atoms with Crippen molar-refractivity contribution in [2.24, 2.45) is 5.92 Å². The van der Waals surface area contributed by atoms with Crippen LogP contribution in [-0.4, -0.2) is 22.7 Å². The number of nitrogens with zero attached hydrogens (tertiary/aromatic N) is 1. The molecule has 0 aliphatic carbocycles. The molecule has 0 aliphatic rings. The van der Waals surface area contributed by atoms with E-state index in [1.807, 2.05) is 13.8 Å². The molecule has 0 saturated carbocycles. The Bertz CT molecular complexity index is 469. The predicted molar refractivity (Wildman–Crippen MR) is 72.0 cm³/mol. The van der Waals surface area contributed by atoms with Gasteiger partial charge in [-0.25, -0.2) is 4.39 Å². The van der Waals surface area contributed by atoms with Gasteiger partial charge in [0.05, 0.1) is 22.1 Å². The minimum Gasteiger partial charge on any atom is -0.391 e. The fourth-order valence-corrected chi connectivity index (χ4v) is 1.85. The van der Waals surface area contributed by atoms with Gasteiger partial charge in [-0.05, 0) is 18.4 Å². The van der Waals surface area contributed by atoms with Crippen LogP contribution in [0.4, 0.5) is 15.8 Å². The van der Waals surface area contributed by atoms with Gasteiger partial charge in [-0.1, -0.05) is 25.4 Å². The molecule has 106 valence electrons. The Balaban J connectivity index is 2.82. The third kappa shape index (κ3) is 4.65. The Kier molecular flexibility index (Phi) is 5.50. The van der Waals surface area contributed by atoms with E-state index in [1.54, 1.807) is 0 Å². The molecule has 0 spiro atoms. The van der Waals surface area contributed by atoms with Gasteiger partial charge in [0.15, 0.2) is 0 Å². The summed E-state index contributed by atoms with van der Waals surface area (Å²) >= 11 is 5.59. The second-order valence-corrected chi connectivity index (χ2v) is 5.11. The Morgan fingerprint density at radius 1 is 1.53 bits per heavy atom. The van der Waals surface area contributed by atoms with Crippen molar-refractivity contribution in [2.75, 3.05) is 11.9 Å². The van der Waals surface area contributed by atoms with E-state index < -0.39 is 22.5 Å². The van der Waals surface area contributed by atoms with Gasteiger partial charge < -0.3 is 10.4 Å². The summed E-state index contributed by atoms with van der Waals surface area (Å²) < 4.78 is 13.2. The average Bonchev–Trinajstić information content (AvgIpc) is 2.29. The van der Waals surface area contributed by atoms with Crippen molar-refractivity contribution in [3.05, 3.63) is 33.1 Å². The van der Waals surface area contributed by atoms with Crippen LogP contribution in [0, 0.1) is 21.8 Å². The standard InChI is InChI=1S/C12H16ClFN2O3/c1-7(2)3-8(17)6-15-11-4-9(13)10(14)5-12(11)16(18)19/h4-5,7-8,15,17H,3,6H2,1-2H3. The van der Waals surface area contributed by atoms with Crippen molar-refractivity contribution in [2.45, 2.75) is 26.4 Å². The summed E-state index contributed by atoms with van der Waals surface area (Å²) in [5, 5.41) is 23.0. The summed E-state index contributed by atoms with van der Waals surface area (Å²) in [6.07, 6.45) is -0.0705. The molecule has 1 rings (SSSR count). The number of anilines is 1. The Hall–Kier alpha value is -1.40. The summed E-state index contributed by atoms with van der Waals surface area (Å²) in [5.74, 6) is -0.537. The van der Waals surface area contributed by atoms with E-state index in [0.717, 1.165) is 12.1 Å². The van der Waals surface area contributed by atoms with Crippen molar-refractivity contribution in [3.63, 3.8) is 0 Å². The number of nitro benzene ring substituents is 1.